The standard InChI is InChI=1S/C12H11BrF2N4O/c1-20-5-12-18-10(16)4-11(19-12)17-9-3-7(14)6(13)2-8(9)15/h2-4H,5H2,1H3,(H3,16,17,18,19). The maximum atomic E-state index is 13.7. The number of ether oxygens (including phenoxy) is 1. The maximum Gasteiger partial charge on any atom is 0.158 e. The summed E-state index contributed by atoms with van der Waals surface area (Å²) < 4.78 is 32.1. The highest BCUT2D eigenvalue weighted by molar-refractivity contribution is 9.10. The van der Waals surface area contributed by atoms with Gasteiger partial charge >= 0.3 is 0 Å². The molecule has 106 valence electrons. The normalized spacial score (nSPS) is 10.6. The average molecular weight is 345 g/mol. The quantitative estimate of drug-likeness (QED) is 0.834. The highest BCUT2D eigenvalue weighted by atomic mass is 79.9. The highest BCUT2D eigenvalue weighted by Crippen LogP contribution is 2.25. The zero-order valence-electron chi connectivity index (χ0n) is 10.5. The molecule has 2 aromatic rings. The Bertz CT molecular complexity index is 639. The smallest absolute Gasteiger partial charge is 0.158 e. The predicted molar refractivity (Wildman–Crippen MR) is 74.5 cm³/mol. The van der Waals surface area contributed by atoms with Crippen LogP contribution in [0.5, 0.6) is 0 Å². The lowest BCUT2D eigenvalue weighted by molar-refractivity contribution is 0.178. The van der Waals surface area contributed by atoms with Gasteiger partial charge in [0.1, 0.15) is 29.9 Å². The number of rotatable bonds is 4. The van der Waals surface area contributed by atoms with Gasteiger partial charge in [-0.1, -0.05) is 0 Å². The van der Waals surface area contributed by atoms with Crippen LogP contribution in [0.2, 0.25) is 0 Å². The van der Waals surface area contributed by atoms with Gasteiger partial charge in [-0.15, -0.1) is 0 Å². The van der Waals surface area contributed by atoms with E-state index in [9.17, 15) is 8.78 Å². The van der Waals surface area contributed by atoms with E-state index in [1.165, 1.54) is 13.2 Å². The molecule has 1 aromatic carbocycles. The van der Waals surface area contributed by atoms with Crippen molar-refractivity contribution in [2.45, 2.75) is 6.61 Å². The Kier molecular flexibility index (Phi) is 4.46. The molecule has 8 heteroatoms. The second kappa shape index (κ2) is 6.10. The molecule has 0 fully saturated rings. The van der Waals surface area contributed by atoms with Gasteiger partial charge in [0, 0.05) is 19.2 Å². The summed E-state index contributed by atoms with van der Waals surface area (Å²) in [6.45, 7) is 0.164. The van der Waals surface area contributed by atoms with Gasteiger partial charge in [-0.3, -0.25) is 0 Å². The van der Waals surface area contributed by atoms with Crippen molar-refractivity contribution in [3.8, 4) is 0 Å². The lowest BCUT2D eigenvalue weighted by atomic mass is 10.3. The number of hydrogen-bond donors (Lipinski definition) is 2. The summed E-state index contributed by atoms with van der Waals surface area (Å²) in [6, 6.07) is 3.46. The molecule has 0 aliphatic carbocycles. The zero-order valence-corrected chi connectivity index (χ0v) is 12.0. The van der Waals surface area contributed by atoms with Gasteiger partial charge < -0.3 is 15.8 Å². The Labute approximate surface area is 122 Å². The summed E-state index contributed by atoms with van der Waals surface area (Å²) in [4.78, 5) is 8.03. The van der Waals surface area contributed by atoms with Crippen LogP contribution >= 0.6 is 15.9 Å². The molecule has 20 heavy (non-hydrogen) atoms. The topological polar surface area (TPSA) is 73.1 Å². The Morgan fingerprint density at radius 3 is 2.70 bits per heavy atom. The maximum absolute atomic E-state index is 13.7. The fraction of sp³-hybridized carbons (Fsp3) is 0.167. The molecule has 0 atom stereocenters. The summed E-state index contributed by atoms with van der Waals surface area (Å²) >= 11 is 2.90. The minimum Gasteiger partial charge on any atom is -0.384 e. The number of benzene rings is 1. The third-order valence-corrected chi connectivity index (χ3v) is 2.95. The summed E-state index contributed by atoms with van der Waals surface area (Å²) in [6.07, 6.45) is 0. The molecule has 0 spiro atoms. The number of methoxy groups -OCH3 is 1. The van der Waals surface area contributed by atoms with E-state index in [4.69, 9.17) is 10.5 Å². The van der Waals surface area contributed by atoms with Crippen molar-refractivity contribution >= 4 is 33.3 Å². The summed E-state index contributed by atoms with van der Waals surface area (Å²) in [5.74, 6) is -0.414. The molecule has 0 saturated heterocycles. The van der Waals surface area contributed by atoms with E-state index < -0.39 is 11.6 Å². The van der Waals surface area contributed by atoms with Crippen molar-refractivity contribution in [3.63, 3.8) is 0 Å². The predicted octanol–water partition coefficient (Wildman–Crippen LogP) is 2.99. The summed E-state index contributed by atoms with van der Waals surface area (Å²) in [5.41, 5.74) is 5.56. The van der Waals surface area contributed by atoms with Gasteiger partial charge in [-0.05, 0) is 22.0 Å². The SMILES string of the molecule is COCc1nc(N)cc(Nc2cc(F)c(Br)cc2F)n1. The summed E-state index contributed by atoms with van der Waals surface area (Å²) in [7, 11) is 1.49. The van der Waals surface area contributed by atoms with Crippen molar-refractivity contribution in [1.29, 1.82) is 0 Å². The first-order valence-corrected chi connectivity index (χ1v) is 6.33. The van der Waals surface area contributed by atoms with Crippen LogP contribution < -0.4 is 11.1 Å². The largest absolute Gasteiger partial charge is 0.384 e. The van der Waals surface area contributed by atoms with E-state index >= 15 is 0 Å². The Morgan fingerprint density at radius 2 is 2.00 bits per heavy atom. The third kappa shape index (κ3) is 3.40. The zero-order chi connectivity index (χ0) is 14.7. The molecule has 0 aliphatic rings. The molecule has 0 saturated carbocycles. The number of halogens is 3. The van der Waals surface area contributed by atoms with Crippen molar-refractivity contribution in [2.24, 2.45) is 0 Å². The molecular formula is C12H11BrF2N4O. The van der Waals surface area contributed by atoms with E-state index in [0.29, 0.717) is 5.82 Å². The number of nitrogens with zero attached hydrogens (tertiary/aromatic N) is 2. The van der Waals surface area contributed by atoms with E-state index in [2.05, 4.69) is 31.2 Å². The molecule has 0 radical (unpaired) electrons. The molecular weight excluding hydrogens is 334 g/mol. The number of nitrogens with one attached hydrogen (secondary N) is 1. The molecule has 3 N–H and O–H groups in total. The lowest BCUT2D eigenvalue weighted by Gasteiger charge is -2.09. The molecule has 2 rings (SSSR count). The van der Waals surface area contributed by atoms with Gasteiger partial charge in [-0.25, -0.2) is 18.7 Å². The monoisotopic (exact) mass is 344 g/mol. The van der Waals surface area contributed by atoms with E-state index in [-0.39, 0.29) is 28.4 Å². The fourth-order valence-electron chi connectivity index (χ4n) is 1.53. The van der Waals surface area contributed by atoms with Gasteiger partial charge in [0.05, 0.1) is 10.2 Å². The highest BCUT2D eigenvalue weighted by Gasteiger charge is 2.10. The molecule has 1 heterocycles. The van der Waals surface area contributed by atoms with Crippen molar-refractivity contribution in [1.82, 2.24) is 9.97 Å². The Balaban J connectivity index is 2.32. The summed E-state index contributed by atoms with van der Waals surface area (Å²) in [5, 5.41) is 2.66. The van der Waals surface area contributed by atoms with Gasteiger partial charge in [0.2, 0.25) is 0 Å². The second-order valence-electron chi connectivity index (χ2n) is 3.90. The average Bonchev–Trinajstić information content (AvgIpc) is 2.35. The van der Waals surface area contributed by atoms with Crippen LogP contribution in [0, 0.1) is 11.6 Å². The Hall–Kier alpha value is -1.80. The van der Waals surface area contributed by atoms with Crippen LogP contribution in [0.4, 0.5) is 26.1 Å². The minimum absolute atomic E-state index is 0.0443. The van der Waals surface area contributed by atoms with E-state index in [1.807, 2.05) is 0 Å². The second-order valence-corrected chi connectivity index (χ2v) is 4.75. The van der Waals surface area contributed by atoms with Crippen LogP contribution in [0.25, 0.3) is 0 Å². The lowest BCUT2D eigenvalue weighted by Crippen LogP contribution is -2.05. The van der Waals surface area contributed by atoms with Crippen LogP contribution in [-0.2, 0) is 11.3 Å². The molecule has 0 unspecified atom stereocenters. The van der Waals surface area contributed by atoms with Gasteiger partial charge in [-0.2, -0.15) is 0 Å². The van der Waals surface area contributed by atoms with Crippen LogP contribution in [0.3, 0.4) is 0 Å². The first kappa shape index (κ1) is 14.6. The van der Waals surface area contributed by atoms with Crippen molar-refractivity contribution < 1.29 is 13.5 Å². The molecule has 0 aliphatic heterocycles. The number of hydrogen-bond acceptors (Lipinski definition) is 5. The van der Waals surface area contributed by atoms with E-state index in [0.717, 1.165) is 12.1 Å². The van der Waals surface area contributed by atoms with Crippen molar-refractivity contribution in [2.75, 3.05) is 18.2 Å². The Morgan fingerprint density at radius 1 is 1.25 bits per heavy atom. The first-order valence-electron chi connectivity index (χ1n) is 5.53. The van der Waals surface area contributed by atoms with Gasteiger partial charge in [0.25, 0.3) is 0 Å². The molecule has 0 amide bonds. The minimum atomic E-state index is -0.622. The first-order chi connectivity index (χ1) is 9.49. The van der Waals surface area contributed by atoms with Crippen molar-refractivity contribution in [3.05, 3.63) is 40.1 Å². The van der Waals surface area contributed by atoms with Crippen LogP contribution in [-0.4, -0.2) is 17.1 Å². The number of anilines is 3. The van der Waals surface area contributed by atoms with Gasteiger partial charge in [0.15, 0.2) is 5.82 Å². The fourth-order valence-corrected chi connectivity index (χ4v) is 1.85. The van der Waals surface area contributed by atoms with E-state index in [1.54, 1.807) is 0 Å². The number of aromatic nitrogens is 2. The third-order valence-electron chi connectivity index (χ3n) is 2.34. The van der Waals surface area contributed by atoms with Crippen LogP contribution in [0.1, 0.15) is 5.82 Å². The number of nitrogen functional groups attached to an aromatic ring is 1. The van der Waals surface area contributed by atoms with Crippen LogP contribution in [0.15, 0.2) is 22.7 Å². The molecule has 5 nitrogen and oxygen atoms in total. The molecule has 0 bridgehead atoms. The molecule has 1 aromatic heterocycles. The number of nitrogens with two attached hydrogens (primary N) is 1.